The van der Waals surface area contributed by atoms with Crippen LogP contribution in [0.15, 0.2) is 30.3 Å². The van der Waals surface area contributed by atoms with Crippen molar-refractivity contribution in [3.63, 3.8) is 0 Å². The first-order valence-electron chi connectivity index (χ1n) is 7.85. The molecule has 0 spiro atoms. The number of benzene rings is 1. The molecule has 22 heavy (non-hydrogen) atoms. The van der Waals surface area contributed by atoms with Gasteiger partial charge in [0.15, 0.2) is 0 Å². The van der Waals surface area contributed by atoms with E-state index in [1.165, 1.54) is 0 Å². The number of hydrogen-bond donors (Lipinski definition) is 2. The summed E-state index contributed by atoms with van der Waals surface area (Å²) in [7, 11) is 0. The van der Waals surface area contributed by atoms with E-state index in [1.54, 1.807) is 11.8 Å². The first-order chi connectivity index (χ1) is 10.7. The molecular weight excluding hydrogens is 296 g/mol. The Morgan fingerprint density at radius 1 is 1.09 bits per heavy atom. The molecule has 2 N–H and O–H groups in total. The number of nitrogens with one attached hydrogen (secondary N) is 2. The minimum Gasteiger partial charge on any atom is -0.351 e. The highest BCUT2D eigenvalue weighted by molar-refractivity contribution is 7.98. The monoisotopic (exact) mass is 320 g/mol. The van der Waals surface area contributed by atoms with Gasteiger partial charge in [0.1, 0.15) is 0 Å². The summed E-state index contributed by atoms with van der Waals surface area (Å²) in [5.41, 5.74) is 0.667. The maximum absolute atomic E-state index is 12.3. The summed E-state index contributed by atoms with van der Waals surface area (Å²) in [6.07, 6.45) is 6.59. The van der Waals surface area contributed by atoms with E-state index in [-0.39, 0.29) is 23.9 Å². The van der Waals surface area contributed by atoms with E-state index in [4.69, 9.17) is 0 Å². The average molecular weight is 320 g/mol. The lowest BCUT2D eigenvalue weighted by Crippen LogP contribution is -2.53. The second-order valence-electron chi connectivity index (χ2n) is 5.65. The van der Waals surface area contributed by atoms with Gasteiger partial charge >= 0.3 is 0 Å². The smallest absolute Gasteiger partial charge is 0.251 e. The first kappa shape index (κ1) is 16.9. The molecule has 2 amide bonds. The number of carbonyl (C=O) groups is 2. The van der Waals surface area contributed by atoms with E-state index < -0.39 is 0 Å². The van der Waals surface area contributed by atoms with Crippen molar-refractivity contribution in [3.05, 3.63) is 35.9 Å². The van der Waals surface area contributed by atoms with Gasteiger partial charge in [0, 0.05) is 29.8 Å². The van der Waals surface area contributed by atoms with Crippen LogP contribution in [0.25, 0.3) is 0 Å². The van der Waals surface area contributed by atoms with Gasteiger partial charge in [-0.05, 0) is 31.2 Å². The highest BCUT2D eigenvalue weighted by Gasteiger charge is 2.27. The van der Waals surface area contributed by atoms with Crippen molar-refractivity contribution in [2.75, 3.05) is 12.0 Å². The van der Waals surface area contributed by atoms with Crippen LogP contribution < -0.4 is 10.6 Å². The molecule has 5 heteroatoms. The average Bonchev–Trinajstić information content (AvgIpc) is 2.55. The van der Waals surface area contributed by atoms with Crippen LogP contribution in [-0.4, -0.2) is 35.9 Å². The minimum absolute atomic E-state index is 0.0275. The lowest BCUT2D eigenvalue weighted by Gasteiger charge is -2.32. The Labute approximate surface area is 136 Å². The molecule has 0 unspecified atom stereocenters. The number of amides is 2. The standard InChI is InChI=1S/C17H24N2O2S/c1-22-12-11-16(20)18-14-9-5-6-10-15(14)19-17(21)13-7-3-2-4-8-13/h2-4,7-8,14-15H,5-6,9-12H2,1H3,(H,18,20)(H,19,21)/t14-,15-/m1/s1. The van der Waals surface area contributed by atoms with E-state index in [2.05, 4.69) is 10.6 Å². The predicted octanol–water partition coefficient (Wildman–Crippen LogP) is 2.60. The topological polar surface area (TPSA) is 58.2 Å². The summed E-state index contributed by atoms with van der Waals surface area (Å²) in [6, 6.07) is 9.31. The minimum atomic E-state index is -0.0594. The van der Waals surface area contributed by atoms with Crippen molar-refractivity contribution in [1.29, 1.82) is 0 Å². The second-order valence-corrected chi connectivity index (χ2v) is 6.63. The van der Waals surface area contributed by atoms with Gasteiger partial charge in [-0.2, -0.15) is 11.8 Å². The predicted molar refractivity (Wildman–Crippen MR) is 91.1 cm³/mol. The largest absolute Gasteiger partial charge is 0.351 e. The number of thioether (sulfide) groups is 1. The van der Waals surface area contributed by atoms with E-state index in [1.807, 2.05) is 36.6 Å². The fourth-order valence-corrected chi connectivity index (χ4v) is 3.18. The molecule has 0 heterocycles. The summed E-state index contributed by atoms with van der Waals surface area (Å²) in [4.78, 5) is 24.2. The van der Waals surface area contributed by atoms with Gasteiger partial charge < -0.3 is 10.6 Å². The Kier molecular flexibility index (Phi) is 6.77. The Balaban J connectivity index is 1.92. The van der Waals surface area contributed by atoms with Crippen molar-refractivity contribution < 1.29 is 9.59 Å². The van der Waals surface area contributed by atoms with Crippen LogP contribution in [0.2, 0.25) is 0 Å². The van der Waals surface area contributed by atoms with Crippen LogP contribution in [0.3, 0.4) is 0 Å². The number of carbonyl (C=O) groups excluding carboxylic acids is 2. The molecule has 120 valence electrons. The Hall–Kier alpha value is -1.49. The summed E-state index contributed by atoms with van der Waals surface area (Å²) in [5, 5.41) is 6.18. The molecule has 2 rings (SSSR count). The van der Waals surface area contributed by atoms with Crippen LogP contribution in [-0.2, 0) is 4.79 Å². The molecule has 1 aliphatic rings. The van der Waals surface area contributed by atoms with Gasteiger partial charge in [0.05, 0.1) is 0 Å². The fraction of sp³-hybridized carbons (Fsp3) is 0.529. The molecule has 4 nitrogen and oxygen atoms in total. The van der Waals surface area contributed by atoms with Crippen molar-refractivity contribution in [1.82, 2.24) is 10.6 Å². The molecule has 2 atom stereocenters. The molecule has 0 aromatic heterocycles. The van der Waals surface area contributed by atoms with Crippen LogP contribution >= 0.6 is 11.8 Å². The maximum atomic E-state index is 12.3. The van der Waals surface area contributed by atoms with Gasteiger partial charge in [0.2, 0.25) is 5.91 Å². The van der Waals surface area contributed by atoms with Crippen LogP contribution in [0, 0.1) is 0 Å². The molecule has 1 saturated carbocycles. The van der Waals surface area contributed by atoms with Gasteiger partial charge in [-0.15, -0.1) is 0 Å². The molecule has 0 saturated heterocycles. The molecule has 0 radical (unpaired) electrons. The number of hydrogen-bond acceptors (Lipinski definition) is 3. The Bertz CT molecular complexity index is 493. The van der Waals surface area contributed by atoms with E-state index in [0.29, 0.717) is 12.0 Å². The zero-order valence-electron chi connectivity index (χ0n) is 13.0. The van der Waals surface area contributed by atoms with Crippen LogP contribution in [0.1, 0.15) is 42.5 Å². The summed E-state index contributed by atoms with van der Waals surface area (Å²) >= 11 is 1.67. The van der Waals surface area contributed by atoms with E-state index in [0.717, 1.165) is 31.4 Å². The van der Waals surface area contributed by atoms with Gasteiger partial charge in [-0.25, -0.2) is 0 Å². The van der Waals surface area contributed by atoms with Crippen LogP contribution in [0.4, 0.5) is 0 Å². The highest BCUT2D eigenvalue weighted by Crippen LogP contribution is 2.19. The van der Waals surface area contributed by atoms with Crippen molar-refractivity contribution in [2.24, 2.45) is 0 Å². The third-order valence-electron chi connectivity index (χ3n) is 4.00. The Morgan fingerprint density at radius 2 is 1.73 bits per heavy atom. The maximum Gasteiger partial charge on any atom is 0.251 e. The zero-order chi connectivity index (χ0) is 15.8. The van der Waals surface area contributed by atoms with Crippen molar-refractivity contribution in [3.8, 4) is 0 Å². The van der Waals surface area contributed by atoms with Crippen molar-refractivity contribution in [2.45, 2.75) is 44.2 Å². The molecule has 1 aromatic carbocycles. The Morgan fingerprint density at radius 3 is 2.36 bits per heavy atom. The van der Waals surface area contributed by atoms with E-state index >= 15 is 0 Å². The normalized spacial score (nSPS) is 21.1. The zero-order valence-corrected chi connectivity index (χ0v) is 13.8. The molecular formula is C17H24N2O2S. The summed E-state index contributed by atoms with van der Waals surface area (Å²) in [6.45, 7) is 0. The summed E-state index contributed by atoms with van der Waals surface area (Å²) in [5.74, 6) is 0.857. The van der Waals surface area contributed by atoms with Gasteiger partial charge in [-0.3, -0.25) is 9.59 Å². The quantitative estimate of drug-likeness (QED) is 0.847. The third-order valence-corrected chi connectivity index (χ3v) is 4.61. The number of rotatable bonds is 6. The second kappa shape index (κ2) is 8.83. The molecule has 0 aliphatic heterocycles. The third kappa shape index (κ3) is 5.05. The van der Waals surface area contributed by atoms with Gasteiger partial charge in [-0.1, -0.05) is 31.0 Å². The lowest BCUT2D eigenvalue weighted by atomic mass is 9.90. The highest BCUT2D eigenvalue weighted by atomic mass is 32.2. The molecule has 1 fully saturated rings. The molecule has 0 bridgehead atoms. The molecule has 1 aliphatic carbocycles. The van der Waals surface area contributed by atoms with Gasteiger partial charge in [0.25, 0.3) is 5.91 Å². The summed E-state index contributed by atoms with van der Waals surface area (Å²) < 4.78 is 0. The molecule has 1 aromatic rings. The fourth-order valence-electron chi connectivity index (χ4n) is 2.79. The lowest BCUT2D eigenvalue weighted by molar-refractivity contribution is -0.121. The van der Waals surface area contributed by atoms with E-state index in [9.17, 15) is 9.59 Å². The van der Waals surface area contributed by atoms with Crippen LogP contribution in [0.5, 0.6) is 0 Å². The SMILES string of the molecule is CSCCC(=O)N[C@@H]1CCCC[C@H]1NC(=O)c1ccccc1. The van der Waals surface area contributed by atoms with Crippen molar-refractivity contribution >= 4 is 23.6 Å². The first-order valence-corrected chi connectivity index (χ1v) is 9.24.